The summed E-state index contributed by atoms with van der Waals surface area (Å²) in [5.74, 6) is -1.03. The number of carbonyl (C=O) groups is 1. The highest BCUT2D eigenvalue weighted by molar-refractivity contribution is 9.10. The van der Waals surface area contributed by atoms with Gasteiger partial charge in [0.05, 0.1) is 12.2 Å². The standard InChI is InChI=1S/C11H9BrF3NO2/c1-2-18-10(17)6-8(11(13,14)15)7-3-4-16-9(12)5-7/h3-6H,2H2,1H3/b8-6+. The van der Waals surface area contributed by atoms with Gasteiger partial charge >= 0.3 is 12.1 Å². The van der Waals surface area contributed by atoms with Gasteiger partial charge in [0, 0.05) is 12.3 Å². The van der Waals surface area contributed by atoms with E-state index in [2.05, 4.69) is 25.7 Å². The van der Waals surface area contributed by atoms with E-state index in [9.17, 15) is 18.0 Å². The second kappa shape index (κ2) is 5.99. The molecular weight excluding hydrogens is 315 g/mol. The maximum atomic E-state index is 12.8. The van der Waals surface area contributed by atoms with Crippen molar-refractivity contribution in [1.29, 1.82) is 0 Å². The summed E-state index contributed by atoms with van der Waals surface area (Å²) in [5, 5.41) is 0. The SMILES string of the molecule is CCOC(=O)/C=C(\c1ccnc(Br)c1)C(F)(F)F. The van der Waals surface area contributed by atoms with Crippen molar-refractivity contribution in [3.05, 3.63) is 34.6 Å². The summed E-state index contributed by atoms with van der Waals surface area (Å²) in [7, 11) is 0. The van der Waals surface area contributed by atoms with Gasteiger partial charge in [-0.1, -0.05) is 0 Å². The molecule has 18 heavy (non-hydrogen) atoms. The van der Waals surface area contributed by atoms with E-state index in [1.54, 1.807) is 0 Å². The van der Waals surface area contributed by atoms with Gasteiger partial charge in [-0.2, -0.15) is 13.2 Å². The van der Waals surface area contributed by atoms with Crippen LogP contribution in [0.1, 0.15) is 12.5 Å². The molecule has 1 aromatic rings. The zero-order valence-corrected chi connectivity index (χ0v) is 10.9. The lowest BCUT2D eigenvalue weighted by Gasteiger charge is -2.11. The minimum absolute atomic E-state index is 0.0144. The lowest BCUT2D eigenvalue weighted by molar-refractivity contribution is -0.137. The Morgan fingerprint density at radius 3 is 2.72 bits per heavy atom. The van der Waals surface area contributed by atoms with Gasteiger partial charge < -0.3 is 4.74 Å². The smallest absolute Gasteiger partial charge is 0.417 e. The molecule has 0 saturated carbocycles. The highest BCUT2D eigenvalue weighted by atomic mass is 79.9. The predicted molar refractivity (Wildman–Crippen MR) is 62.6 cm³/mol. The summed E-state index contributed by atoms with van der Waals surface area (Å²) in [6, 6.07) is 2.35. The van der Waals surface area contributed by atoms with Crippen LogP contribution in [0.5, 0.6) is 0 Å². The van der Waals surface area contributed by atoms with E-state index in [4.69, 9.17) is 0 Å². The number of pyridine rings is 1. The Balaban J connectivity index is 3.19. The average Bonchev–Trinajstić information content (AvgIpc) is 2.24. The number of alkyl halides is 3. The van der Waals surface area contributed by atoms with Crippen molar-refractivity contribution in [2.45, 2.75) is 13.1 Å². The number of hydrogen-bond acceptors (Lipinski definition) is 3. The molecule has 0 saturated heterocycles. The minimum atomic E-state index is -4.65. The number of hydrogen-bond donors (Lipinski definition) is 0. The lowest BCUT2D eigenvalue weighted by Crippen LogP contribution is -2.13. The molecule has 98 valence electrons. The van der Waals surface area contributed by atoms with Crippen LogP contribution in [-0.4, -0.2) is 23.7 Å². The Kier molecular flexibility index (Phi) is 4.89. The number of halogens is 4. The first-order valence-electron chi connectivity index (χ1n) is 4.92. The second-order valence-electron chi connectivity index (χ2n) is 3.18. The molecule has 0 bridgehead atoms. The molecule has 0 spiro atoms. The van der Waals surface area contributed by atoms with Gasteiger partial charge in [-0.05, 0) is 40.5 Å². The Bertz CT molecular complexity index is 472. The molecule has 0 fully saturated rings. The van der Waals surface area contributed by atoms with E-state index < -0.39 is 17.7 Å². The van der Waals surface area contributed by atoms with Crippen LogP contribution in [0.4, 0.5) is 13.2 Å². The predicted octanol–water partition coefficient (Wildman–Crippen LogP) is 3.35. The van der Waals surface area contributed by atoms with Crippen LogP contribution in [0.25, 0.3) is 5.57 Å². The molecule has 7 heteroatoms. The van der Waals surface area contributed by atoms with Gasteiger partial charge in [0.2, 0.25) is 0 Å². The number of ether oxygens (including phenoxy) is 1. The van der Waals surface area contributed by atoms with E-state index in [-0.39, 0.29) is 16.8 Å². The topological polar surface area (TPSA) is 39.2 Å². The fourth-order valence-electron chi connectivity index (χ4n) is 1.20. The third-order valence-electron chi connectivity index (χ3n) is 1.89. The Labute approximate surface area is 110 Å². The normalized spacial score (nSPS) is 12.4. The molecule has 0 aliphatic rings. The van der Waals surface area contributed by atoms with Gasteiger partial charge in [0.25, 0.3) is 0 Å². The van der Waals surface area contributed by atoms with Crippen molar-refractivity contribution < 1.29 is 22.7 Å². The summed E-state index contributed by atoms with van der Waals surface area (Å²) in [4.78, 5) is 14.9. The fourth-order valence-corrected chi connectivity index (χ4v) is 1.57. The van der Waals surface area contributed by atoms with Crippen molar-refractivity contribution in [2.24, 2.45) is 0 Å². The average molecular weight is 324 g/mol. The molecule has 0 aromatic carbocycles. The number of carbonyl (C=O) groups excluding carboxylic acids is 1. The fraction of sp³-hybridized carbons (Fsp3) is 0.273. The summed E-state index contributed by atoms with van der Waals surface area (Å²) < 4.78 is 43.2. The maximum absolute atomic E-state index is 12.8. The highest BCUT2D eigenvalue weighted by Crippen LogP contribution is 2.34. The summed E-state index contributed by atoms with van der Waals surface area (Å²) in [6.45, 7) is 1.53. The first-order chi connectivity index (χ1) is 8.34. The Morgan fingerprint density at radius 1 is 1.56 bits per heavy atom. The van der Waals surface area contributed by atoms with Crippen molar-refractivity contribution in [2.75, 3.05) is 6.61 Å². The van der Waals surface area contributed by atoms with Gasteiger partial charge in [-0.15, -0.1) is 0 Å². The summed E-state index contributed by atoms with van der Waals surface area (Å²) >= 11 is 2.97. The van der Waals surface area contributed by atoms with Crippen LogP contribution in [0.2, 0.25) is 0 Å². The number of rotatable bonds is 3. The van der Waals surface area contributed by atoms with Crippen molar-refractivity contribution in [3.8, 4) is 0 Å². The minimum Gasteiger partial charge on any atom is -0.463 e. The van der Waals surface area contributed by atoms with Crippen LogP contribution >= 0.6 is 15.9 Å². The molecule has 1 aromatic heterocycles. The molecule has 0 aliphatic heterocycles. The van der Waals surface area contributed by atoms with E-state index in [0.29, 0.717) is 6.08 Å². The molecular formula is C11H9BrF3NO2. The quantitative estimate of drug-likeness (QED) is 0.486. The van der Waals surface area contributed by atoms with Gasteiger partial charge in [-0.25, -0.2) is 9.78 Å². The molecule has 0 aliphatic carbocycles. The molecule has 0 amide bonds. The number of allylic oxidation sites excluding steroid dienone is 1. The Morgan fingerprint density at radius 2 is 2.22 bits per heavy atom. The molecule has 0 atom stereocenters. The number of aromatic nitrogens is 1. The monoisotopic (exact) mass is 323 g/mol. The van der Waals surface area contributed by atoms with E-state index in [1.165, 1.54) is 25.3 Å². The molecule has 3 nitrogen and oxygen atoms in total. The first-order valence-corrected chi connectivity index (χ1v) is 5.71. The van der Waals surface area contributed by atoms with Crippen molar-refractivity contribution in [1.82, 2.24) is 4.98 Å². The zero-order valence-electron chi connectivity index (χ0n) is 9.29. The van der Waals surface area contributed by atoms with Gasteiger partial charge in [-0.3, -0.25) is 0 Å². The largest absolute Gasteiger partial charge is 0.463 e. The third kappa shape index (κ3) is 4.14. The van der Waals surface area contributed by atoms with E-state index >= 15 is 0 Å². The summed E-state index contributed by atoms with van der Waals surface area (Å²) in [6.07, 6.45) is -3.00. The van der Waals surface area contributed by atoms with Crippen molar-refractivity contribution in [3.63, 3.8) is 0 Å². The Hall–Kier alpha value is -1.37. The van der Waals surface area contributed by atoms with Crippen LogP contribution in [0.3, 0.4) is 0 Å². The maximum Gasteiger partial charge on any atom is 0.417 e. The van der Waals surface area contributed by atoms with Gasteiger partial charge in [0.1, 0.15) is 4.60 Å². The highest BCUT2D eigenvalue weighted by Gasteiger charge is 2.35. The second-order valence-corrected chi connectivity index (χ2v) is 3.99. The van der Waals surface area contributed by atoms with E-state index in [0.717, 1.165) is 0 Å². The molecule has 0 unspecified atom stereocenters. The molecule has 1 rings (SSSR count). The molecule has 0 radical (unpaired) electrons. The van der Waals surface area contributed by atoms with Crippen molar-refractivity contribution >= 4 is 27.5 Å². The molecule has 0 N–H and O–H groups in total. The third-order valence-corrected chi connectivity index (χ3v) is 2.33. The molecule has 1 heterocycles. The number of nitrogens with zero attached hydrogens (tertiary/aromatic N) is 1. The number of esters is 1. The van der Waals surface area contributed by atoms with Crippen LogP contribution in [-0.2, 0) is 9.53 Å². The lowest BCUT2D eigenvalue weighted by atomic mass is 10.1. The first kappa shape index (κ1) is 14.7. The summed E-state index contributed by atoms with van der Waals surface area (Å²) in [5.41, 5.74) is -1.22. The van der Waals surface area contributed by atoms with Crippen LogP contribution in [0.15, 0.2) is 29.0 Å². The van der Waals surface area contributed by atoms with Crippen LogP contribution < -0.4 is 0 Å². The van der Waals surface area contributed by atoms with Gasteiger partial charge in [0.15, 0.2) is 0 Å². The van der Waals surface area contributed by atoms with Crippen LogP contribution in [0, 0.1) is 0 Å². The van der Waals surface area contributed by atoms with E-state index in [1.807, 2.05) is 0 Å². The zero-order chi connectivity index (χ0) is 13.8.